The lowest BCUT2D eigenvalue weighted by Crippen LogP contribution is -2.45. The van der Waals surface area contributed by atoms with Crippen LogP contribution in [-0.2, 0) is 0 Å². The molecule has 1 aliphatic heterocycles. The summed E-state index contributed by atoms with van der Waals surface area (Å²) >= 11 is 0. The molecule has 2 N–H and O–H groups in total. The standard InChI is InChI=1S/C16H24N2O2/c1-11-7-12(2)14(13(3)8-11)15(19)18(4)10-16(20)5-6-17-9-16/h7-8,17,20H,5-6,9-10H2,1-4H3. The van der Waals surface area contributed by atoms with Crippen LogP contribution in [0.3, 0.4) is 0 Å². The Bertz CT molecular complexity index is 496. The summed E-state index contributed by atoms with van der Waals surface area (Å²) in [4.78, 5) is 14.3. The van der Waals surface area contributed by atoms with Crippen LogP contribution in [0.4, 0.5) is 0 Å². The number of carbonyl (C=O) groups excluding carboxylic acids is 1. The predicted octanol–water partition coefficient (Wildman–Crippen LogP) is 1.41. The van der Waals surface area contributed by atoms with E-state index in [4.69, 9.17) is 0 Å². The van der Waals surface area contributed by atoms with Gasteiger partial charge in [-0.3, -0.25) is 4.79 Å². The quantitative estimate of drug-likeness (QED) is 0.877. The molecule has 1 saturated heterocycles. The van der Waals surface area contributed by atoms with Crippen LogP contribution in [0.5, 0.6) is 0 Å². The molecule has 4 heteroatoms. The van der Waals surface area contributed by atoms with E-state index in [9.17, 15) is 9.90 Å². The van der Waals surface area contributed by atoms with Crippen LogP contribution in [0.1, 0.15) is 33.5 Å². The summed E-state index contributed by atoms with van der Waals surface area (Å²) in [5.74, 6) is -0.0136. The van der Waals surface area contributed by atoms with Gasteiger partial charge in [0.25, 0.3) is 5.91 Å². The van der Waals surface area contributed by atoms with Crippen LogP contribution in [0, 0.1) is 20.8 Å². The number of nitrogens with one attached hydrogen (secondary N) is 1. The number of hydrogen-bond acceptors (Lipinski definition) is 3. The number of carbonyl (C=O) groups is 1. The molecule has 0 aliphatic carbocycles. The summed E-state index contributed by atoms with van der Waals surface area (Å²) in [7, 11) is 1.76. The fourth-order valence-corrected chi connectivity index (χ4v) is 3.09. The van der Waals surface area contributed by atoms with Gasteiger partial charge >= 0.3 is 0 Å². The maximum atomic E-state index is 12.6. The second-order valence-electron chi connectivity index (χ2n) is 6.09. The molecule has 1 unspecified atom stereocenters. The second kappa shape index (κ2) is 5.54. The van der Waals surface area contributed by atoms with Gasteiger partial charge in [-0.25, -0.2) is 0 Å². The highest BCUT2D eigenvalue weighted by molar-refractivity contribution is 5.97. The fourth-order valence-electron chi connectivity index (χ4n) is 3.09. The van der Waals surface area contributed by atoms with Crippen LogP contribution in [0.25, 0.3) is 0 Å². The van der Waals surface area contributed by atoms with E-state index in [1.165, 1.54) is 0 Å². The Labute approximate surface area is 120 Å². The van der Waals surface area contributed by atoms with Crippen molar-refractivity contribution in [2.75, 3.05) is 26.7 Å². The molecule has 1 aliphatic rings. The summed E-state index contributed by atoms with van der Waals surface area (Å²) in [6.45, 7) is 7.69. The van der Waals surface area contributed by atoms with Crippen molar-refractivity contribution < 1.29 is 9.90 Å². The zero-order valence-electron chi connectivity index (χ0n) is 12.8. The van der Waals surface area contributed by atoms with E-state index in [0.29, 0.717) is 19.5 Å². The Morgan fingerprint density at radius 3 is 2.45 bits per heavy atom. The van der Waals surface area contributed by atoms with Gasteiger partial charge in [0.15, 0.2) is 0 Å². The van der Waals surface area contributed by atoms with Crippen LogP contribution in [-0.4, -0.2) is 48.2 Å². The van der Waals surface area contributed by atoms with Gasteiger partial charge in [-0.15, -0.1) is 0 Å². The number of benzene rings is 1. The Morgan fingerprint density at radius 2 is 1.95 bits per heavy atom. The van der Waals surface area contributed by atoms with E-state index in [2.05, 4.69) is 5.32 Å². The molecule has 4 nitrogen and oxygen atoms in total. The van der Waals surface area contributed by atoms with E-state index in [1.54, 1.807) is 11.9 Å². The lowest BCUT2D eigenvalue weighted by molar-refractivity contribution is 0.0252. The summed E-state index contributed by atoms with van der Waals surface area (Å²) in [5.41, 5.74) is 3.12. The monoisotopic (exact) mass is 276 g/mol. The van der Waals surface area contributed by atoms with Crippen molar-refractivity contribution in [3.05, 3.63) is 34.4 Å². The predicted molar refractivity (Wildman–Crippen MR) is 80.1 cm³/mol. The first-order valence-electron chi connectivity index (χ1n) is 7.09. The molecule has 2 rings (SSSR count). The van der Waals surface area contributed by atoms with Crippen molar-refractivity contribution in [2.45, 2.75) is 32.8 Å². The van der Waals surface area contributed by atoms with Crippen molar-refractivity contribution in [1.82, 2.24) is 10.2 Å². The van der Waals surface area contributed by atoms with Gasteiger partial charge in [0.1, 0.15) is 0 Å². The van der Waals surface area contributed by atoms with Crippen molar-refractivity contribution in [1.29, 1.82) is 0 Å². The summed E-state index contributed by atoms with van der Waals surface area (Å²) in [6, 6.07) is 4.06. The smallest absolute Gasteiger partial charge is 0.254 e. The van der Waals surface area contributed by atoms with E-state index in [0.717, 1.165) is 28.8 Å². The Kier molecular flexibility index (Phi) is 4.16. The first kappa shape index (κ1) is 15.0. The Morgan fingerprint density at radius 1 is 1.35 bits per heavy atom. The molecule has 1 heterocycles. The van der Waals surface area contributed by atoms with Crippen molar-refractivity contribution in [3.63, 3.8) is 0 Å². The average molecular weight is 276 g/mol. The van der Waals surface area contributed by atoms with Crippen LogP contribution in [0.15, 0.2) is 12.1 Å². The number of rotatable bonds is 3. The first-order chi connectivity index (χ1) is 9.32. The summed E-state index contributed by atoms with van der Waals surface area (Å²) < 4.78 is 0. The molecule has 1 atom stereocenters. The molecule has 20 heavy (non-hydrogen) atoms. The SMILES string of the molecule is Cc1cc(C)c(C(=O)N(C)CC2(O)CCNC2)c(C)c1. The fraction of sp³-hybridized carbons (Fsp3) is 0.562. The third-order valence-corrected chi connectivity index (χ3v) is 3.99. The molecule has 0 radical (unpaired) electrons. The van der Waals surface area contributed by atoms with Gasteiger partial charge in [0.05, 0.1) is 12.1 Å². The van der Waals surface area contributed by atoms with E-state index >= 15 is 0 Å². The number of aliphatic hydroxyl groups is 1. The normalized spacial score (nSPS) is 22.1. The number of amides is 1. The molecular formula is C16H24N2O2. The zero-order chi connectivity index (χ0) is 14.9. The van der Waals surface area contributed by atoms with Gasteiger partial charge in [-0.1, -0.05) is 17.7 Å². The van der Waals surface area contributed by atoms with Crippen molar-refractivity contribution in [3.8, 4) is 0 Å². The molecule has 0 spiro atoms. The Hall–Kier alpha value is -1.39. The van der Waals surface area contributed by atoms with Crippen LogP contribution in [0.2, 0.25) is 0 Å². The molecule has 0 aromatic heterocycles. The molecule has 110 valence electrons. The van der Waals surface area contributed by atoms with Crippen LogP contribution >= 0.6 is 0 Å². The molecule has 1 aromatic rings. The van der Waals surface area contributed by atoms with Crippen molar-refractivity contribution in [2.24, 2.45) is 0 Å². The number of likely N-dealkylation sites (N-methyl/N-ethyl adjacent to an activating group) is 1. The molecule has 1 fully saturated rings. The van der Waals surface area contributed by atoms with Gasteiger partial charge < -0.3 is 15.3 Å². The highest BCUT2D eigenvalue weighted by Crippen LogP contribution is 2.21. The zero-order valence-corrected chi connectivity index (χ0v) is 12.8. The highest BCUT2D eigenvalue weighted by Gasteiger charge is 2.34. The van der Waals surface area contributed by atoms with E-state index in [-0.39, 0.29) is 5.91 Å². The lowest BCUT2D eigenvalue weighted by Gasteiger charge is -2.29. The minimum absolute atomic E-state index is 0.0136. The number of aryl methyl sites for hydroxylation is 3. The largest absolute Gasteiger partial charge is 0.387 e. The molecular weight excluding hydrogens is 252 g/mol. The molecule has 0 saturated carbocycles. The van der Waals surface area contributed by atoms with E-state index < -0.39 is 5.60 Å². The van der Waals surface area contributed by atoms with E-state index in [1.807, 2.05) is 32.9 Å². The maximum Gasteiger partial charge on any atom is 0.254 e. The minimum atomic E-state index is -0.795. The van der Waals surface area contributed by atoms with Gasteiger partial charge in [-0.05, 0) is 44.9 Å². The van der Waals surface area contributed by atoms with Gasteiger partial charge in [-0.2, -0.15) is 0 Å². The third-order valence-electron chi connectivity index (χ3n) is 3.99. The topological polar surface area (TPSA) is 52.6 Å². The molecule has 1 aromatic carbocycles. The van der Waals surface area contributed by atoms with Gasteiger partial charge in [0.2, 0.25) is 0 Å². The average Bonchev–Trinajstić information content (AvgIpc) is 2.74. The highest BCUT2D eigenvalue weighted by atomic mass is 16.3. The number of hydrogen-bond donors (Lipinski definition) is 2. The first-order valence-corrected chi connectivity index (χ1v) is 7.09. The molecule has 1 amide bonds. The minimum Gasteiger partial charge on any atom is -0.387 e. The second-order valence-corrected chi connectivity index (χ2v) is 6.09. The lowest BCUT2D eigenvalue weighted by atomic mass is 9.97. The summed E-state index contributed by atoms with van der Waals surface area (Å²) in [5, 5.41) is 13.5. The number of β-amino-alcohol motifs (C(OH)–C–C–N with tert-alkyl or cyclic N) is 1. The summed E-state index contributed by atoms with van der Waals surface area (Å²) in [6.07, 6.45) is 0.691. The Balaban J connectivity index is 2.19. The molecule has 0 bridgehead atoms. The number of nitrogens with zero attached hydrogens (tertiary/aromatic N) is 1. The maximum absolute atomic E-state index is 12.6. The third kappa shape index (κ3) is 3.02. The van der Waals surface area contributed by atoms with Gasteiger partial charge in [0, 0.05) is 19.2 Å². The van der Waals surface area contributed by atoms with Crippen molar-refractivity contribution >= 4 is 5.91 Å². The van der Waals surface area contributed by atoms with Crippen LogP contribution < -0.4 is 5.32 Å².